The van der Waals surface area contributed by atoms with E-state index in [1.165, 1.54) is 16.7 Å². The maximum atomic E-state index is 9.71. The summed E-state index contributed by atoms with van der Waals surface area (Å²) in [6.45, 7) is 11.6. The predicted octanol–water partition coefficient (Wildman–Crippen LogP) is 15.9. The van der Waals surface area contributed by atoms with E-state index in [9.17, 15) is 5.48 Å². The molecule has 0 aliphatic carbocycles. The Morgan fingerprint density at radius 1 is 0.582 bits per heavy atom. The standard InChI is InChI=1S/C61H49N4O.Pt/c1-60(2,3)45-24-16-21-43(37-45)51-29-18-28-50(42-19-8-6-9-20-42)59(51)64-41-63(55-31-14-15-32-56(55)64)47-25-17-26-48(39-47)66-49-33-34-53-52-27-12-13-30-54(52)65(57(53)40-49)58-38-46(35-36-62-58)61(4,5)44-22-10-7-11-23-44;/h6-38,41H,1-5H3;/q-3;/i6D,8D,9D,12D,13D,17D,19D,20D,25D,26D,27D,30D,35D,36D,38D;. The third-order valence-electron chi connectivity index (χ3n) is 12.0. The van der Waals surface area contributed by atoms with Crippen molar-refractivity contribution in [2.24, 2.45) is 0 Å². The molecule has 0 spiro atoms. The Morgan fingerprint density at radius 3 is 2.07 bits per heavy atom. The molecule has 0 N–H and O–H groups in total. The Labute approximate surface area is 429 Å². The summed E-state index contributed by atoms with van der Waals surface area (Å²) >= 11 is 0. The van der Waals surface area contributed by atoms with E-state index in [0.29, 0.717) is 28.2 Å². The first-order valence-electron chi connectivity index (χ1n) is 28.9. The summed E-state index contributed by atoms with van der Waals surface area (Å²) < 4.78 is 143. The van der Waals surface area contributed by atoms with Gasteiger partial charge in [-0.1, -0.05) is 173 Å². The normalized spacial score (nSPS) is 15.7. The van der Waals surface area contributed by atoms with Crippen LogP contribution in [0, 0.1) is 18.8 Å². The Balaban J connectivity index is 0.00000753. The molecule has 0 unspecified atom stereocenters. The van der Waals surface area contributed by atoms with Crippen molar-refractivity contribution in [2.45, 2.75) is 45.4 Å². The van der Waals surface area contributed by atoms with Gasteiger partial charge >= 0.3 is 0 Å². The zero-order chi connectivity index (χ0) is 58.0. The number of hydrogen-bond acceptors (Lipinski definition) is 4. The molecule has 0 fully saturated rings. The number of benzene rings is 8. The van der Waals surface area contributed by atoms with Crippen LogP contribution in [0.1, 0.15) is 71.9 Å². The van der Waals surface area contributed by atoms with Crippen molar-refractivity contribution < 1.29 is 46.4 Å². The number of fused-ring (bicyclic) bond motifs is 4. The van der Waals surface area contributed by atoms with Crippen LogP contribution < -0.4 is 14.5 Å². The Kier molecular flexibility index (Phi) is 7.71. The SMILES string of the molecule is [2H]c1nc(-n2c3[c-]c(Oc4[c-]c(N5[CH-]N(c6c(-c7cccc(C(C)(C)C)c7)cccc6-c6c([2H])c([2H])c([2H])c([2H])c6[2H])c6ccccc65)c([2H])c([2H])c4[2H])ccc3c3c([2H])c([2H])c([2H])c([2H])c32)c([2H])c(C(C)(C)c2ccccc2)c1[2H].[Pt]. The van der Waals surface area contributed by atoms with Crippen LogP contribution in [0.25, 0.3) is 49.9 Å². The van der Waals surface area contributed by atoms with Gasteiger partial charge in [0.2, 0.25) is 0 Å². The Hall–Kier alpha value is -7.20. The second kappa shape index (κ2) is 17.5. The van der Waals surface area contributed by atoms with Crippen molar-refractivity contribution in [3.05, 3.63) is 235 Å². The van der Waals surface area contributed by atoms with E-state index in [4.69, 9.17) is 19.8 Å². The molecule has 0 radical (unpaired) electrons. The van der Waals surface area contributed by atoms with Crippen LogP contribution in [-0.2, 0) is 31.9 Å². The number of aromatic nitrogens is 2. The van der Waals surface area contributed by atoms with Gasteiger partial charge in [0.1, 0.15) is 5.82 Å². The minimum atomic E-state index is -1.02. The minimum absolute atomic E-state index is 0. The summed E-state index contributed by atoms with van der Waals surface area (Å²) in [6, 6.07) is 32.7. The number of rotatable bonds is 9. The first-order valence-corrected chi connectivity index (χ1v) is 21.4. The molecule has 8 aromatic carbocycles. The molecule has 11 rings (SSSR count). The molecule has 10 aromatic rings. The average molecular weight is 1060 g/mol. The molecule has 5 nitrogen and oxygen atoms in total. The van der Waals surface area contributed by atoms with Crippen LogP contribution in [0.4, 0.5) is 22.7 Å². The number of hydrogen-bond donors (Lipinski definition) is 0. The van der Waals surface area contributed by atoms with Crippen molar-refractivity contribution in [2.75, 3.05) is 9.80 Å². The van der Waals surface area contributed by atoms with Crippen LogP contribution in [0.5, 0.6) is 11.5 Å². The average Bonchev–Trinajstić information content (AvgIpc) is 4.23. The summed E-state index contributed by atoms with van der Waals surface area (Å²) in [5.74, 6) is -0.604. The second-order valence-electron chi connectivity index (χ2n) is 17.5. The van der Waals surface area contributed by atoms with Crippen molar-refractivity contribution in [3.8, 4) is 39.6 Å². The van der Waals surface area contributed by atoms with E-state index < -0.39 is 78.1 Å². The van der Waals surface area contributed by atoms with Gasteiger partial charge < -0.3 is 19.1 Å². The summed E-state index contributed by atoms with van der Waals surface area (Å²) in [5, 5.41) is 0.324. The molecule has 332 valence electrons. The zero-order valence-corrected chi connectivity index (χ0v) is 39.3. The van der Waals surface area contributed by atoms with Gasteiger partial charge in [0.05, 0.1) is 16.4 Å². The summed E-state index contributed by atoms with van der Waals surface area (Å²) in [6.07, 6.45) is -0.481. The van der Waals surface area contributed by atoms with Gasteiger partial charge in [-0.15, -0.1) is 48.0 Å². The predicted molar refractivity (Wildman–Crippen MR) is 272 cm³/mol. The van der Waals surface area contributed by atoms with Crippen LogP contribution >= 0.6 is 0 Å². The van der Waals surface area contributed by atoms with Gasteiger partial charge in [-0.2, -0.15) is 12.1 Å². The molecule has 1 aliphatic heterocycles. The fraction of sp³-hybridized carbons (Fsp3) is 0.115. The van der Waals surface area contributed by atoms with Crippen LogP contribution in [-0.4, -0.2) is 9.55 Å². The van der Waals surface area contributed by atoms with Crippen molar-refractivity contribution in [1.82, 2.24) is 9.55 Å². The Morgan fingerprint density at radius 2 is 1.28 bits per heavy atom. The van der Waals surface area contributed by atoms with Gasteiger partial charge in [-0.25, -0.2) is 4.98 Å². The van der Waals surface area contributed by atoms with Gasteiger partial charge in [-0.05, 0) is 71.6 Å². The Bertz CT molecular complexity index is 4270. The van der Waals surface area contributed by atoms with E-state index >= 15 is 0 Å². The first-order chi connectivity index (χ1) is 38.3. The fourth-order valence-corrected chi connectivity index (χ4v) is 8.46. The fourth-order valence-electron chi connectivity index (χ4n) is 8.46. The smallest absolute Gasteiger partial charge is 0.135 e. The molecule has 67 heavy (non-hydrogen) atoms. The van der Waals surface area contributed by atoms with E-state index in [1.54, 1.807) is 40.7 Å². The van der Waals surface area contributed by atoms with Crippen LogP contribution in [0.15, 0.2) is 200 Å². The van der Waals surface area contributed by atoms with Crippen LogP contribution in [0.2, 0.25) is 0 Å². The first kappa shape index (κ1) is 29.4. The summed E-state index contributed by atoms with van der Waals surface area (Å²) in [7, 11) is 0. The number of para-hydroxylation sites is 4. The van der Waals surface area contributed by atoms with Gasteiger partial charge in [0.15, 0.2) is 0 Å². The van der Waals surface area contributed by atoms with E-state index in [-0.39, 0.29) is 101 Å². The van der Waals surface area contributed by atoms with Gasteiger partial charge in [0.25, 0.3) is 0 Å². The maximum absolute atomic E-state index is 9.71. The van der Waals surface area contributed by atoms with Gasteiger partial charge in [0, 0.05) is 79.2 Å². The maximum Gasteiger partial charge on any atom is 0.135 e. The molecule has 3 heterocycles. The molecule has 0 saturated heterocycles. The molecule has 1 aliphatic rings. The van der Waals surface area contributed by atoms with Crippen molar-refractivity contribution in [3.63, 3.8) is 0 Å². The van der Waals surface area contributed by atoms with Crippen molar-refractivity contribution >= 4 is 44.6 Å². The zero-order valence-electron chi connectivity index (χ0n) is 52.0. The summed E-state index contributed by atoms with van der Waals surface area (Å²) in [4.78, 5) is 7.85. The number of anilines is 4. The van der Waals surface area contributed by atoms with Crippen molar-refractivity contribution in [1.29, 1.82) is 0 Å². The monoisotopic (exact) mass is 1060 g/mol. The van der Waals surface area contributed by atoms with Gasteiger partial charge in [-0.3, -0.25) is 0 Å². The molecular formula is C61H49N4OPt-3. The molecular weight excluding hydrogens is 1000 g/mol. The summed E-state index contributed by atoms with van der Waals surface area (Å²) in [5.41, 5.74) is 3.80. The quantitative estimate of drug-likeness (QED) is 0.135. The largest absolute Gasteiger partial charge is 0.509 e. The molecule has 0 atom stereocenters. The molecule has 0 bridgehead atoms. The number of ether oxygens (including phenoxy) is 1. The van der Waals surface area contributed by atoms with E-state index in [2.05, 4.69) is 44.0 Å². The number of nitrogens with zero attached hydrogens (tertiary/aromatic N) is 4. The molecule has 0 saturated carbocycles. The second-order valence-corrected chi connectivity index (χ2v) is 17.5. The number of pyridine rings is 1. The van der Waals surface area contributed by atoms with E-state index in [0.717, 1.165) is 16.7 Å². The topological polar surface area (TPSA) is 33.5 Å². The molecule has 0 amide bonds. The molecule has 6 heteroatoms. The van der Waals surface area contributed by atoms with Crippen LogP contribution in [0.3, 0.4) is 0 Å². The molecule has 2 aromatic heterocycles. The van der Waals surface area contributed by atoms with E-state index in [1.807, 2.05) is 80.6 Å². The third kappa shape index (κ3) is 8.02. The minimum Gasteiger partial charge on any atom is -0.509 e. The third-order valence-corrected chi connectivity index (χ3v) is 12.0.